The summed E-state index contributed by atoms with van der Waals surface area (Å²) in [5.74, 6) is -1.63. The van der Waals surface area contributed by atoms with Crippen LogP contribution in [-0.4, -0.2) is 37.3 Å². The van der Waals surface area contributed by atoms with Crippen molar-refractivity contribution in [2.24, 2.45) is 0 Å². The van der Waals surface area contributed by atoms with Crippen LogP contribution in [0.15, 0.2) is 30.3 Å². The van der Waals surface area contributed by atoms with Crippen molar-refractivity contribution in [3.8, 4) is 28.7 Å². The van der Waals surface area contributed by atoms with E-state index in [-0.39, 0.29) is 35.2 Å². The monoisotopic (exact) mass is 400 g/mol. The van der Waals surface area contributed by atoms with E-state index in [1.54, 1.807) is 0 Å². The average Bonchev–Trinajstić information content (AvgIpc) is 2.57. The van der Waals surface area contributed by atoms with Crippen LogP contribution in [0, 0.1) is 0 Å². The van der Waals surface area contributed by atoms with Gasteiger partial charge in [0.2, 0.25) is 4.84 Å². The maximum atomic E-state index is 11.5. The van der Waals surface area contributed by atoms with E-state index in [0.29, 0.717) is 11.1 Å². The van der Waals surface area contributed by atoms with E-state index in [2.05, 4.69) is 0 Å². The van der Waals surface area contributed by atoms with E-state index in [4.69, 9.17) is 32.7 Å². The van der Waals surface area contributed by atoms with Crippen molar-refractivity contribution < 1.29 is 34.7 Å². The highest BCUT2D eigenvalue weighted by molar-refractivity contribution is 6.53. The van der Waals surface area contributed by atoms with Gasteiger partial charge in [0.25, 0.3) is 0 Å². The number of aliphatic hydroxyl groups excluding tert-OH is 1. The number of carbonyl (C=O) groups excluding carboxylic acids is 1. The van der Waals surface area contributed by atoms with Crippen LogP contribution in [0.25, 0.3) is 0 Å². The highest BCUT2D eigenvalue weighted by Gasteiger charge is 2.33. The quantitative estimate of drug-likeness (QED) is 0.270. The minimum Gasteiger partial charge on any atom is -0.507 e. The van der Waals surface area contributed by atoms with Gasteiger partial charge in [-0.15, -0.1) is 0 Å². The van der Waals surface area contributed by atoms with Gasteiger partial charge in [-0.05, 0) is 17.7 Å². The van der Waals surface area contributed by atoms with Crippen molar-refractivity contribution in [1.29, 1.82) is 0 Å². The van der Waals surface area contributed by atoms with Crippen LogP contribution in [0.5, 0.6) is 28.7 Å². The molecule has 3 rings (SSSR count). The summed E-state index contributed by atoms with van der Waals surface area (Å²) in [4.78, 5) is 10.1. The van der Waals surface area contributed by atoms with Crippen molar-refractivity contribution in [2.75, 3.05) is 0 Å². The fraction of sp³-hybridized carbons (Fsp3) is 0.235. The normalized spacial score (nSPS) is 18.9. The second-order valence-corrected chi connectivity index (χ2v) is 6.80. The molecular formula is C17H14Cl2O7. The Bertz CT molecular complexity index is 853. The number of ether oxygens (including phenoxy) is 2. The summed E-state index contributed by atoms with van der Waals surface area (Å²) in [5.41, 5.74) is 0.756. The van der Waals surface area contributed by atoms with Crippen LogP contribution < -0.4 is 9.47 Å². The number of fused-ring (bicyclic) bond motifs is 1. The first kappa shape index (κ1) is 18.4. The molecule has 138 valence electrons. The van der Waals surface area contributed by atoms with E-state index in [1.165, 1.54) is 30.3 Å². The molecule has 26 heavy (non-hydrogen) atoms. The number of alkyl halides is 2. The van der Waals surface area contributed by atoms with Gasteiger partial charge >= 0.3 is 5.97 Å². The van der Waals surface area contributed by atoms with E-state index in [0.717, 1.165) is 0 Å². The van der Waals surface area contributed by atoms with Crippen molar-refractivity contribution in [3.05, 3.63) is 41.5 Å². The third-order valence-electron chi connectivity index (χ3n) is 3.90. The van der Waals surface area contributed by atoms with Crippen LogP contribution in [-0.2, 0) is 11.2 Å². The van der Waals surface area contributed by atoms with E-state index >= 15 is 0 Å². The number of hydrogen-bond acceptors (Lipinski definition) is 7. The number of phenolic OH excluding ortho intramolecular Hbond substituents is 3. The Morgan fingerprint density at radius 2 is 1.85 bits per heavy atom. The summed E-state index contributed by atoms with van der Waals surface area (Å²) in [7, 11) is 0. The van der Waals surface area contributed by atoms with Gasteiger partial charge in [0.05, 0.1) is 6.10 Å². The first-order chi connectivity index (χ1) is 12.3. The first-order valence-electron chi connectivity index (χ1n) is 7.48. The highest BCUT2D eigenvalue weighted by Crippen LogP contribution is 2.43. The lowest BCUT2D eigenvalue weighted by Crippen LogP contribution is -2.30. The van der Waals surface area contributed by atoms with Crippen LogP contribution in [0.3, 0.4) is 0 Å². The summed E-state index contributed by atoms with van der Waals surface area (Å²) in [6.07, 6.45) is -1.82. The highest BCUT2D eigenvalue weighted by atomic mass is 35.5. The molecule has 0 radical (unpaired) electrons. The Morgan fingerprint density at radius 3 is 2.50 bits per heavy atom. The van der Waals surface area contributed by atoms with Crippen LogP contribution in [0.4, 0.5) is 0 Å². The summed E-state index contributed by atoms with van der Waals surface area (Å²) in [6.45, 7) is 0. The lowest BCUT2D eigenvalue weighted by Gasteiger charge is -2.31. The number of phenols is 3. The van der Waals surface area contributed by atoms with Gasteiger partial charge in [0, 0.05) is 24.1 Å². The third-order valence-corrected chi connectivity index (χ3v) is 4.26. The SMILES string of the molecule is O=C(Oc1cc(O)c2c(c1)O[C@@H](c1ccc(O)c(O)c1)[C@@H](O)C2)C(Cl)Cl. The Kier molecular flexibility index (Phi) is 5.04. The average molecular weight is 401 g/mol. The molecule has 0 unspecified atom stereocenters. The van der Waals surface area contributed by atoms with Crippen LogP contribution in [0.1, 0.15) is 17.2 Å². The molecule has 0 amide bonds. The zero-order chi connectivity index (χ0) is 19.0. The molecule has 0 saturated heterocycles. The lowest BCUT2D eigenvalue weighted by atomic mass is 9.94. The van der Waals surface area contributed by atoms with Crippen molar-refractivity contribution in [2.45, 2.75) is 23.5 Å². The van der Waals surface area contributed by atoms with Crippen LogP contribution >= 0.6 is 23.2 Å². The zero-order valence-corrected chi connectivity index (χ0v) is 14.6. The van der Waals surface area contributed by atoms with E-state index in [1.807, 2.05) is 0 Å². The number of benzene rings is 2. The molecular weight excluding hydrogens is 387 g/mol. The van der Waals surface area contributed by atoms with Crippen molar-refractivity contribution in [3.63, 3.8) is 0 Å². The number of esters is 1. The Hall–Kier alpha value is -2.35. The Morgan fingerprint density at radius 1 is 1.12 bits per heavy atom. The topological polar surface area (TPSA) is 116 Å². The lowest BCUT2D eigenvalue weighted by molar-refractivity contribution is -0.132. The molecule has 1 heterocycles. The molecule has 2 aromatic rings. The zero-order valence-electron chi connectivity index (χ0n) is 13.1. The van der Waals surface area contributed by atoms with Gasteiger partial charge < -0.3 is 29.9 Å². The Labute approximate surface area is 157 Å². The fourth-order valence-electron chi connectivity index (χ4n) is 2.68. The molecule has 2 atom stereocenters. The minimum absolute atomic E-state index is 0.0266. The molecule has 0 saturated carbocycles. The molecule has 1 aliphatic heterocycles. The smallest absolute Gasteiger partial charge is 0.344 e. The molecule has 0 aromatic heterocycles. The predicted molar refractivity (Wildman–Crippen MR) is 92.1 cm³/mol. The van der Waals surface area contributed by atoms with Gasteiger partial charge in [0.15, 0.2) is 11.5 Å². The standard InChI is InChI=1S/C17H14Cl2O7/c18-16(19)17(24)25-8-4-11(21)9-6-13(23)15(26-14(9)5-8)7-1-2-10(20)12(22)3-7/h1-5,13,15-16,20-23H,6H2/t13-,15-/m0/s1. The van der Waals surface area contributed by atoms with Gasteiger partial charge in [-0.1, -0.05) is 29.3 Å². The van der Waals surface area contributed by atoms with Gasteiger partial charge in [-0.3, -0.25) is 0 Å². The third kappa shape index (κ3) is 3.60. The number of rotatable bonds is 3. The molecule has 1 aliphatic rings. The number of halogens is 2. The molecule has 0 aliphatic carbocycles. The molecule has 7 nitrogen and oxygen atoms in total. The second kappa shape index (κ2) is 7.11. The number of carbonyl (C=O) groups is 1. The van der Waals surface area contributed by atoms with Gasteiger partial charge in [-0.2, -0.15) is 0 Å². The second-order valence-electron chi connectivity index (χ2n) is 5.70. The maximum Gasteiger partial charge on any atom is 0.344 e. The molecule has 2 aromatic carbocycles. The number of hydrogen-bond donors (Lipinski definition) is 4. The van der Waals surface area contributed by atoms with E-state index < -0.39 is 23.0 Å². The van der Waals surface area contributed by atoms with Crippen molar-refractivity contribution in [1.82, 2.24) is 0 Å². The summed E-state index contributed by atoms with van der Waals surface area (Å²) >= 11 is 10.9. The molecule has 0 fully saturated rings. The predicted octanol–water partition coefficient (Wildman–Crippen LogP) is 2.55. The van der Waals surface area contributed by atoms with Gasteiger partial charge in [-0.25, -0.2) is 4.79 Å². The number of aromatic hydroxyl groups is 3. The summed E-state index contributed by atoms with van der Waals surface area (Å²) in [6, 6.07) is 6.58. The summed E-state index contributed by atoms with van der Waals surface area (Å²) in [5, 5.41) is 39.5. The molecule has 4 N–H and O–H groups in total. The number of aliphatic hydroxyl groups is 1. The first-order valence-corrected chi connectivity index (χ1v) is 8.36. The molecule has 9 heteroatoms. The minimum atomic E-state index is -1.39. The fourth-order valence-corrected chi connectivity index (χ4v) is 2.76. The largest absolute Gasteiger partial charge is 0.507 e. The van der Waals surface area contributed by atoms with E-state index in [9.17, 15) is 25.2 Å². The maximum absolute atomic E-state index is 11.5. The van der Waals surface area contributed by atoms with Crippen molar-refractivity contribution >= 4 is 29.2 Å². The summed E-state index contributed by atoms with van der Waals surface area (Å²) < 4.78 is 10.7. The Balaban J connectivity index is 1.92. The van der Waals surface area contributed by atoms with Crippen LogP contribution in [0.2, 0.25) is 0 Å². The molecule has 0 spiro atoms. The van der Waals surface area contributed by atoms with Gasteiger partial charge in [0.1, 0.15) is 23.4 Å². The molecule has 0 bridgehead atoms.